The van der Waals surface area contributed by atoms with Crippen LogP contribution in [0, 0.1) is 5.92 Å². The quantitative estimate of drug-likeness (QED) is 0.879. The Morgan fingerprint density at radius 2 is 2.30 bits per heavy atom. The van der Waals surface area contributed by atoms with Gasteiger partial charge in [-0.3, -0.25) is 4.79 Å². The van der Waals surface area contributed by atoms with Gasteiger partial charge >= 0.3 is 0 Å². The molecule has 1 unspecified atom stereocenters. The fraction of sp³-hybridized carbons (Fsp3) is 0.333. The van der Waals surface area contributed by atoms with Crippen molar-refractivity contribution >= 4 is 16.8 Å². The van der Waals surface area contributed by atoms with E-state index >= 15 is 0 Å². The third kappa shape index (κ3) is 2.58. The predicted octanol–water partition coefficient (Wildman–Crippen LogP) is 1.32. The van der Waals surface area contributed by atoms with Gasteiger partial charge in [0.2, 0.25) is 5.88 Å². The molecule has 0 saturated carbocycles. The van der Waals surface area contributed by atoms with Crippen molar-refractivity contribution in [1.29, 1.82) is 0 Å². The summed E-state index contributed by atoms with van der Waals surface area (Å²) in [5.74, 6) is 0.287. The van der Waals surface area contributed by atoms with Crippen LogP contribution in [-0.4, -0.2) is 30.6 Å². The summed E-state index contributed by atoms with van der Waals surface area (Å²) in [6.45, 7) is 2.51. The number of hydrogen-bond acceptors (Lipinski definition) is 4. The first-order valence-corrected chi connectivity index (χ1v) is 6.77. The number of nitrogens with one attached hydrogen (secondary N) is 1. The van der Waals surface area contributed by atoms with Gasteiger partial charge in [-0.2, -0.15) is 0 Å². The van der Waals surface area contributed by atoms with Crippen molar-refractivity contribution in [2.45, 2.75) is 6.42 Å². The van der Waals surface area contributed by atoms with E-state index in [2.05, 4.69) is 10.3 Å². The average Bonchev–Trinajstić information content (AvgIpc) is 2.97. The Morgan fingerprint density at radius 3 is 3.05 bits per heavy atom. The zero-order valence-electron chi connectivity index (χ0n) is 11.1. The van der Waals surface area contributed by atoms with Gasteiger partial charge in [-0.05, 0) is 25.1 Å². The van der Waals surface area contributed by atoms with Crippen LogP contribution >= 0.6 is 0 Å². The molecule has 1 atom stereocenters. The van der Waals surface area contributed by atoms with Crippen molar-refractivity contribution in [2.75, 3.05) is 19.7 Å². The molecule has 2 heterocycles. The summed E-state index contributed by atoms with van der Waals surface area (Å²) in [5, 5.41) is 4.17. The van der Waals surface area contributed by atoms with Gasteiger partial charge < -0.3 is 15.8 Å². The Labute approximate surface area is 117 Å². The van der Waals surface area contributed by atoms with Gasteiger partial charge in [-0.25, -0.2) is 4.98 Å². The standard InChI is InChI=1S/C15H17N3O2/c16-14(19)12-7-11-3-1-2-4-13(11)18-15(12)20-9-10-5-6-17-8-10/h1-4,7,10,17H,5-6,8-9H2,(H2,16,19). The molecule has 3 rings (SSSR count). The van der Waals surface area contributed by atoms with Crippen molar-refractivity contribution in [3.05, 3.63) is 35.9 Å². The first-order chi connectivity index (χ1) is 9.74. The highest BCUT2D eigenvalue weighted by atomic mass is 16.5. The van der Waals surface area contributed by atoms with Gasteiger partial charge in [0.05, 0.1) is 12.1 Å². The molecular formula is C15H17N3O2. The molecular weight excluding hydrogens is 254 g/mol. The molecule has 20 heavy (non-hydrogen) atoms. The maximum Gasteiger partial charge on any atom is 0.254 e. The molecule has 0 spiro atoms. The topological polar surface area (TPSA) is 77.2 Å². The maximum atomic E-state index is 11.6. The van der Waals surface area contributed by atoms with Crippen LogP contribution in [-0.2, 0) is 0 Å². The molecule has 1 aromatic heterocycles. The molecule has 1 saturated heterocycles. The number of carbonyl (C=O) groups excluding carboxylic acids is 1. The minimum absolute atomic E-state index is 0.336. The molecule has 2 aromatic rings. The first-order valence-electron chi connectivity index (χ1n) is 6.77. The molecule has 0 bridgehead atoms. The molecule has 5 nitrogen and oxygen atoms in total. The summed E-state index contributed by atoms with van der Waals surface area (Å²) in [4.78, 5) is 16.0. The minimum Gasteiger partial charge on any atom is -0.477 e. The molecule has 1 aliphatic heterocycles. The van der Waals surface area contributed by atoms with E-state index < -0.39 is 5.91 Å². The Hall–Kier alpha value is -2.14. The van der Waals surface area contributed by atoms with Crippen LogP contribution in [0.3, 0.4) is 0 Å². The van der Waals surface area contributed by atoms with Gasteiger partial charge in [0.1, 0.15) is 5.56 Å². The van der Waals surface area contributed by atoms with Crippen molar-refractivity contribution in [3.63, 3.8) is 0 Å². The van der Waals surface area contributed by atoms with E-state index in [-0.39, 0.29) is 0 Å². The maximum absolute atomic E-state index is 11.6. The van der Waals surface area contributed by atoms with Gasteiger partial charge in [0.25, 0.3) is 5.91 Å². The van der Waals surface area contributed by atoms with E-state index in [9.17, 15) is 4.79 Å². The zero-order valence-corrected chi connectivity index (χ0v) is 11.1. The van der Waals surface area contributed by atoms with Crippen molar-refractivity contribution in [1.82, 2.24) is 10.3 Å². The van der Waals surface area contributed by atoms with Crippen LogP contribution in [0.2, 0.25) is 0 Å². The number of pyridine rings is 1. The lowest BCUT2D eigenvalue weighted by atomic mass is 10.1. The lowest BCUT2D eigenvalue weighted by molar-refractivity contribution is 0.0994. The predicted molar refractivity (Wildman–Crippen MR) is 76.7 cm³/mol. The Kier molecular flexibility index (Phi) is 3.52. The van der Waals surface area contributed by atoms with E-state index in [4.69, 9.17) is 10.5 Å². The van der Waals surface area contributed by atoms with E-state index in [1.807, 2.05) is 24.3 Å². The number of aromatic nitrogens is 1. The lowest BCUT2D eigenvalue weighted by Gasteiger charge is -2.13. The van der Waals surface area contributed by atoms with Crippen LogP contribution in [0.5, 0.6) is 5.88 Å². The Bertz CT molecular complexity index is 636. The molecule has 3 N–H and O–H groups in total. The summed E-state index contributed by atoms with van der Waals surface area (Å²) >= 11 is 0. The fourth-order valence-corrected chi connectivity index (χ4v) is 2.44. The molecule has 1 amide bonds. The van der Waals surface area contributed by atoms with Crippen LogP contribution in [0.25, 0.3) is 10.9 Å². The molecule has 0 radical (unpaired) electrons. The fourth-order valence-electron chi connectivity index (χ4n) is 2.44. The van der Waals surface area contributed by atoms with E-state index in [1.54, 1.807) is 6.07 Å². The number of nitrogens with two attached hydrogens (primary N) is 1. The van der Waals surface area contributed by atoms with Gasteiger partial charge in [0.15, 0.2) is 0 Å². The third-order valence-corrected chi connectivity index (χ3v) is 3.57. The largest absolute Gasteiger partial charge is 0.477 e. The number of fused-ring (bicyclic) bond motifs is 1. The number of hydrogen-bond donors (Lipinski definition) is 2. The number of nitrogens with zero attached hydrogens (tertiary/aromatic N) is 1. The van der Waals surface area contributed by atoms with Crippen molar-refractivity contribution in [3.8, 4) is 5.88 Å². The van der Waals surface area contributed by atoms with Gasteiger partial charge in [-0.15, -0.1) is 0 Å². The highest BCUT2D eigenvalue weighted by Crippen LogP contribution is 2.23. The monoisotopic (exact) mass is 271 g/mol. The molecule has 1 fully saturated rings. The highest BCUT2D eigenvalue weighted by molar-refractivity contribution is 5.98. The SMILES string of the molecule is NC(=O)c1cc2ccccc2nc1OCC1CCNC1. The Balaban J connectivity index is 1.90. The van der Waals surface area contributed by atoms with Crippen LogP contribution in [0.1, 0.15) is 16.8 Å². The second-order valence-corrected chi connectivity index (χ2v) is 5.07. The number of carbonyl (C=O) groups is 1. The molecule has 104 valence electrons. The highest BCUT2D eigenvalue weighted by Gasteiger charge is 2.18. The van der Waals surface area contributed by atoms with Crippen LogP contribution < -0.4 is 15.8 Å². The molecule has 1 aromatic carbocycles. The smallest absolute Gasteiger partial charge is 0.254 e. The van der Waals surface area contributed by atoms with Gasteiger partial charge in [0, 0.05) is 17.8 Å². The molecule has 0 aliphatic carbocycles. The van der Waals surface area contributed by atoms with E-state index in [0.717, 1.165) is 30.4 Å². The summed E-state index contributed by atoms with van der Waals surface area (Å²) < 4.78 is 5.74. The molecule has 5 heteroatoms. The summed E-state index contributed by atoms with van der Waals surface area (Å²) in [5.41, 5.74) is 6.56. The zero-order chi connectivity index (χ0) is 13.9. The number of amides is 1. The number of benzene rings is 1. The number of primary amides is 1. The molecule has 1 aliphatic rings. The van der Waals surface area contributed by atoms with Crippen molar-refractivity contribution in [2.24, 2.45) is 11.7 Å². The third-order valence-electron chi connectivity index (χ3n) is 3.57. The lowest BCUT2D eigenvalue weighted by Crippen LogP contribution is -2.19. The Morgan fingerprint density at radius 1 is 1.45 bits per heavy atom. The van der Waals surface area contributed by atoms with Crippen LogP contribution in [0.15, 0.2) is 30.3 Å². The number of ether oxygens (including phenoxy) is 1. The minimum atomic E-state index is -0.511. The summed E-state index contributed by atoms with van der Waals surface area (Å²) in [6, 6.07) is 9.35. The second-order valence-electron chi connectivity index (χ2n) is 5.07. The van der Waals surface area contributed by atoms with Crippen LogP contribution in [0.4, 0.5) is 0 Å². The summed E-state index contributed by atoms with van der Waals surface area (Å²) in [7, 11) is 0. The first kappa shape index (κ1) is 12.9. The normalized spacial score (nSPS) is 18.3. The number of para-hydroxylation sites is 1. The summed E-state index contributed by atoms with van der Waals surface area (Å²) in [6.07, 6.45) is 1.08. The van der Waals surface area contributed by atoms with Crippen molar-refractivity contribution < 1.29 is 9.53 Å². The van der Waals surface area contributed by atoms with E-state index in [0.29, 0.717) is 24.0 Å². The second kappa shape index (κ2) is 5.46. The average molecular weight is 271 g/mol. The number of rotatable bonds is 4. The van der Waals surface area contributed by atoms with E-state index in [1.165, 1.54) is 0 Å². The van der Waals surface area contributed by atoms with Gasteiger partial charge in [-0.1, -0.05) is 18.2 Å².